The fourth-order valence-electron chi connectivity index (χ4n) is 5.09. The van der Waals surface area contributed by atoms with Crippen LogP contribution in [0.4, 0.5) is 0 Å². The van der Waals surface area contributed by atoms with Gasteiger partial charge in [-0.3, -0.25) is 24.4 Å². The summed E-state index contributed by atoms with van der Waals surface area (Å²) in [6, 6.07) is 6.01. The predicted molar refractivity (Wildman–Crippen MR) is 112 cm³/mol. The van der Waals surface area contributed by atoms with Gasteiger partial charge in [0.15, 0.2) is 0 Å². The molecule has 0 aromatic carbocycles. The van der Waals surface area contributed by atoms with E-state index in [1.54, 1.807) is 6.20 Å². The van der Waals surface area contributed by atoms with Crippen molar-refractivity contribution in [2.45, 2.75) is 62.9 Å². The predicted octanol–water partition coefficient (Wildman–Crippen LogP) is 0.218. The second-order valence-corrected chi connectivity index (χ2v) is 8.81. The smallest absolute Gasteiger partial charge is 0.239 e. The fourth-order valence-corrected chi connectivity index (χ4v) is 5.09. The summed E-state index contributed by atoms with van der Waals surface area (Å²) in [6.45, 7) is 3.40. The molecule has 4 heterocycles. The minimum atomic E-state index is -0.273. The number of aromatic nitrogens is 1. The van der Waals surface area contributed by atoms with Gasteiger partial charge in [-0.15, -0.1) is 0 Å². The zero-order chi connectivity index (χ0) is 21.1. The molecule has 3 saturated heterocycles. The van der Waals surface area contributed by atoms with Gasteiger partial charge < -0.3 is 15.3 Å². The molecule has 2 amide bonds. The van der Waals surface area contributed by atoms with Crippen LogP contribution < -0.4 is 5.32 Å². The maximum atomic E-state index is 12.9. The normalized spacial score (nSPS) is 28.8. The molecule has 164 valence electrons. The van der Waals surface area contributed by atoms with E-state index in [9.17, 15) is 14.7 Å². The van der Waals surface area contributed by atoms with Crippen LogP contribution in [-0.2, 0) is 16.1 Å². The first-order valence-corrected chi connectivity index (χ1v) is 11.1. The highest BCUT2D eigenvalue weighted by atomic mass is 16.3. The third kappa shape index (κ3) is 4.66. The van der Waals surface area contributed by atoms with Crippen LogP contribution >= 0.6 is 0 Å². The first kappa shape index (κ1) is 21.2. The quantitative estimate of drug-likeness (QED) is 0.715. The Kier molecular flexibility index (Phi) is 6.65. The van der Waals surface area contributed by atoms with Crippen molar-refractivity contribution in [2.75, 3.05) is 33.2 Å². The number of hydrogen-bond donors (Lipinski definition) is 2. The van der Waals surface area contributed by atoms with Crippen molar-refractivity contribution >= 4 is 11.8 Å². The van der Waals surface area contributed by atoms with E-state index in [1.165, 1.54) is 0 Å². The molecule has 1 aromatic rings. The summed E-state index contributed by atoms with van der Waals surface area (Å²) >= 11 is 0. The number of nitrogens with one attached hydrogen (secondary N) is 1. The highest BCUT2D eigenvalue weighted by Crippen LogP contribution is 2.28. The van der Waals surface area contributed by atoms with Gasteiger partial charge in [-0.25, -0.2) is 0 Å². The summed E-state index contributed by atoms with van der Waals surface area (Å²) in [7, 11) is 2.09. The van der Waals surface area contributed by atoms with Crippen molar-refractivity contribution in [3.8, 4) is 0 Å². The number of fused-ring (bicyclic) bond motifs is 1. The average molecular weight is 416 g/mol. The van der Waals surface area contributed by atoms with Gasteiger partial charge in [-0.05, 0) is 44.9 Å². The van der Waals surface area contributed by atoms with Crippen LogP contribution in [0.25, 0.3) is 0 Å². The van der Waals surface area contributed by atoms with Crippen LogP contribution in [0.3, 0.4) is 0 Å². The largest absolute Gasteiger partial charge is 0.393 e. The Morgan fingerprint density at radius 2 is 2.03 bits per heavy atom. The highest BCUT2D eigenvalue weighted by molar-refractivity contribution is 5.83. The molecule has 3 aliphatic heterocycles. The summed E-state index contributed by atoms with van der Waals surface area (Å²) in [5.74, 6) is 0.241. The highest BCUT2D eigenvalue weighted by Gasteiger charge is 2.45. The lowest BCUT2D eigenvalue weighted by molar-refractivity contribution is -0.133. The lowest BCUT2D eigenvalue weighted by atomic mass is 10.0. The summed E-state index contributed by atoms with van der Waals surface area (Å²) in [6.07, 6.45) is 5.01. The number of carbonyl (C=O) groups excluding carboxylic acids is 2. The zero-order valence-corrected chi connectivity index (χ0v) is 17.7. The van der Waals surface area contributed by atoms with Crippen LogP contribution in [0.1, 0.15) is 37.8 Å². The Hall–Kier alpha value is -2.03. The van der Waals surface area contributed by atoms with Crippen LogP contribution in [0.15, 0.2) is 24.4 Å². The van der Waals surface area contributed by atoms with Crippen LogP contribution in [0, 0.1) is 0 Å². The molecule has 3 fully saturated rings. The summed E-state index contributed by atoms with van der Waals surface area (Å²) in [5, 5.41) is 12.8. The standard InChI is InChI=1S/C22H33N5O3/c1-25-17(5-6-20(29)26-11-7-18(28)8-12-26)14-24-22(30)21-19(25)9-13-27(21)15-16-4-2-3-10-23-16/h2-4,10,17-19,21,28H,5-9,11-15H2,1H3,(H,24,30)/t17-,19+,21-/m0/s1. The number of piperidine rings is 1. The van der Waals surface area contributed by atoms with Crippen LogP contribution in [0.5, 0.6) is 0 Å². The van der Waals surface area contributed by atoms with E-state index in [4.69, 9.17) is 0 Å². The van der Waals surface area contributed by atoms with E-state index in [0.717, 1.165) is 25.1 Å². The minimum absolute atomic E-state index is 0.0825. The molecule has 3 atom stereocenters. The van der Waals surface area contributed by atoms with Gasteiger partial charge >= 0.3 is 0 Å². The van der Waals surface area contributed by atoms with Crippen molar-refractivity contribution < 1.29 is 14.7 Å². The van der Waals surface area contributed by atoms with Crippen LogP contribution in [0.2, 0.25) is 0 Å². The molecule has 1 aromatic heterocycles. The van der Waals surface area contributed by atoms with Gasteiger partial charge in [0.25, 0.3) is 0 Å². The number of carbonyl (C=O) groups is 2. The van der Waals surface area contributed by atoms with Gasteiger partial charge in [0.1, 0.15) is 6.04 Å². The molecule has 30 heavy (non-hydrogen) atoms. The molecule has 4 rings (SSSR count). The molecule has 8 heteroatoms. The average Bonchev–Trinajstić information content (AvgIpc) is 3.12. The molecule has 2 N–H and O–H groups in total. The molecule has 8 nitrogen and oxygen atoms in total. The van der Waals surface area contributed by atoms with Gasteiger partial charge in [-0.1, -0.05) is 6.07 Å². The molecule has 0 saturated carbocycles. The molecular formula is C22H33N5O3. The van der Waals surface area contributed by atoms with E-state index in [0.29, 0.717) is 45.4 Å². The molecular weight excluding hydrogens is 382 g/mol. The number of rotatable bonds is 5. The number of nitrogens with zero attached hydrogens (tertiary/aromatic N) is 4. The topological polar surface area (TPSA) is 89.0 Å². The van der Waals surface area contributed by atoms with E-state index < -0.39 is 0 Å². The number of aliphatic hydroxyl groups excluding tert-OH is 1. The van der Waals surface area contributed by atoms with E-state index >= 15 is 0 Å². The number of aliphatic hydroxyl groups is 1. The van der Waals surface area contributed by atoms with E-state index in [1.807, 2.05) is 23.1 Å². The number of likely N-dealkylation sites (N-methyl/N-ethyl adjacent to an activating group) is 1. The number of hydrogen-bond acceptors (Lipinski definition) is 6. The molecule has 3 aliphatic rings. The maximum Gasteiger partial charge on any atom is 0.239 e. The Labute approximate surface area is 178 Å². The van der Waals surface area contributed by atoms with E-state index in [-0.39, 0.29) is 36.0 Å². The molecule has 0 aliphatic carbocycles. The number of amides is 2. The Bertz CT molecular complexity index is 738. The van der Waals surface area contributed by atoms with Crippen molar-refractivity contribution in [2.24, 2.45) is 0 Å². The van der Waals surface area contributed by atoms with E-state index in [2.05, 4.69) is 27.1 Å². The Morgan fingerprint density at radius 3 is 2.77 bits per heavy atom. The summed E-state index contributed by atoms with van der Waals surface area (Å²) in [4.78, 5) is 36.3. The lowest BCUT2D eigenvalue weighted by Crippen LogP contribution is -2.49. The van der Waals surface area contributed by atoms with Gasteiger partial charge in [-0.2, -0.15) is 0 Å². The monoisotopic (exact) mass is 415 g/mol. The van der Waals surface area contributed by atoms with Gasteiger partial charge in [0, 0.05) is 57.4 Å². The molecule has 0 unspecified atom stereocenters. The second kappa shape index (κ2) is 9.41. The summed E-state index contributed by atoms with van der Waals surface area (Å²) in [5.41, 5.74) is 0.978. The van der Waals surface area contributed by atoms with Gasteiger partial charge in [0.05, 0.1) is 11.8 Å². The lowest BCUT2D eigenvalue weighted by Gasteiger charge is -2.34. The molecule has 0 radical (unpaired) electrons. The fraction of sp³-hybridized carbons (Fsp3) is 0.682. The SMILES string of the molecule is CN1[C@@H](CCC(=O)N2CCC(O)CC2)CNC(=O)[C@@H]2[C@H]1CCN2Cc1ccccn1. The number of pyridine rings is 1. The Balaban J connectivity index is 1.35. The Morgan fingerprint density at radius 1 is 1.23 bits per heavy atom. The number of likely N-dealkylation sites (tertiary alicyclic amines) is 2. The van der Waals surface area contributed by atoms with Crippen LogP contribution in [-0.4, -0.2) is 94.1 Å². The zero-order valence-electron chi connectivity index (χ0n) is 17.7. The van der Waals surface area contributed by atoms with Crippen molar-refractivity contribution in [1.29, 1.82) is 0 Å². The molecule has 0 bridgehead atoms. The van der Waals surface area contributed by atoms with Gasteiger partial charge in [0.2, 0.25) is 11.8 Å². The summed E-state index contributed by atoms with van der Waals surface area (Å²) < 4.78 is 0. The first-order chi connectivity index (χ1) is 14.5. The maximum absolute atomic E-state index is 12.9. The minimum Gasteiger partial charge on any atom is -0.393 e. The van der Waals surface area contributed by atoms with Crippen molar-refractivity contribution in [3.63, 3.8) is 0 Å². The first-order valence-electron chi connectivity index (χ1n) is 11.1. The van der Waals surface area contributed by atoms with Crippen molar-refractivity contribution in [1.82, 2.24) is 25.0 Å². The second-order valence-electron chi connectivity index (χ2n) is 8.81. The van der Waals surface area contributed by atoms with Crippen molar-refractivity contribution in [3.05, 3.63) is 30.1 Å². The molecule has 0 spiro atoms. The third-order valence-corrected chi connectivity index (χ3v) is 6.95. The third-order valence-electron chi connectivity index (χ3n) is 6.95.